The Morgan fingerprint density at radius 2 is 2.07 bits per heavy atom. The largest absolute Gasteiger partial charge is 0.480 e. The highest BCUT2D eigenvalue weighted by molar-refractivity contribution is 7.99. The fourth-order valence-electron chi connectivity index (χ4n) is 1.65. The minimum absolute atomic E-state index is 0.171. The molecule has 0 spiro atoms. The van der Waals surface area contributed by atoms with E-state index in [1.165, 1.54) is 0 Å². The maximum Gasteiger partial charge on any atom is 0.320 e. The van der Waals surface area contributed by atoms with E-state index >= 15 is 0 Å². The van der Waals surface area contributed by atoms with Crippen molar-refractivity contribution in [1.82, 2.24) is 0 Å². The molecule has 0 amide bonds. The Bertz CT molecular complexity index is 194. The molecule has 2 atom stereocenters. The van der Waals surface area contributed by atoms with E-state index in [9.17, 15) is 9.90 Å². The Morgan fingerprint density at radius 1 is 1.50 bits per heavy atom. The molecular formula is C9H17NO3S. The summed E-state index contributed by atoms with van der Waals surface area (Å²) in [6.07, 6.45) is 1.56. The third-order valence-corrected chi connectivity index (χ3v) is 3.67. The third kappa shape index (κ3) is 3.48. The van der Waals surface area contributed by atoms with Gasteiger partial charge < -0.3 is 15.9 Å². The first-order valence-corrected chi connectivity index (χ1v) is 6.01. The molecule has 4 nitrogen and oxygen atoms in total. The lowest BCUT2D eigenvalue weighted by Crippen LogP contribution is -2.37. The maximum absolute atomic E-state index is 10.5. The van der Waals surface area contributed by atoms with Crippen LogP contribution in [0.5, 0.6) is 0 Å². The Labute approximate surface area is 87.9 Å². The third-order valence-electron chi connectivity index (χ3n) is 2.62. The molecular weight excluding hydrogens is 202 g/mol. The van der Waals surface area contributed by atoms with E-state index in [1.54, 1.807) is 0 Å². The molecule has 1 aliphatic heterocycles. The van der Waals surface area contributed by atoms with Crippen molar-refractivity contribution in [2.45, 2.75) is 31.4 Å². The number of aliphatic hydroxyl groups is 1. The van der Waals surface area contributed by atoms with Gasteiger partial charge in [-0.15, -0.1) is 0 Å². The maximum atomic E-state index is 10.5. The standard InChI is InChI=1S/C9H17NO3S/c10-7(9(12)13)5-8(11)6-1-3-14-4-2-6/h6-8,11H,1-5,10H2,(H,12,13). The van der Waals surface area contributed by atoms with Crippen molar-refractivity contribution in [3.05, 3.63) is 0 Å². The summed E-state index contributed by atoms with van der Waals surface area (Å²) in [6.45, 7) is 0. The van der Waals surface area contributed by atoms with Crippen LogP contribution in [0.1, 0.15) is 19.3 Å². The first kappa shape index (κ1) is 11.8. The molecule has 5 heteroatoms. The topological polar surface area (TPSA) is 83.5 Å². The molecule has 1 fully saturated rings. The van der Waals surface area contributed by atoms with Gasteiger partial charge in [0.05, 0.1) is 6.10 Å². The van der Waals surface area contributed by atoms with Crippen LogP contribution in [-0.4, -0.2) is 39.8 Å². The zero-order valence-electron chi connectivity index (χ0n) is 8.06. The lowest BCUT2D eigenvalue weighted by molar-refractivity contribution is -0.139. The first-order valence-electron chi connectivity index (χ1n) is 4.85. The van der Waals surface area contributed by atoms with Crippen LogP contribution in [0.15, 0.2) is 0 Å². The number of nitrogens with two attached hydrogens (primary N) is 1. The van der Waals surface area contributed by atoms with E-state index in [0.717, 1.165) is 24.3 Å². The van der Waals surface area contributed by atoms with Gasteiger partial charge in [0, 0.05) is 0 Å². The van der Waals surface area contributed by atoms with Crippen LogP contribution in [0.4, 0.5) is 0 Å². The van der Waals surface area contributed by atoms with Gasteiger partial charge in [-0.1, -0.05) is 0 Å². The summed E-state index contributed by atoms with van der Waals surface area (Å²) in [7, 11) is 0. The van der Waals surface area contributed by atoms with Gasteiger partial charge in [0.15, 0.2) is 0 Å². The molecule has 0 aromatic heterocycles. The SMILES string of the molecule is NC(CC(O)C1CCSCC1)C(=O)O. The fraction of sp³-hybridized carbons (Fsp3) is 0.889. The summed E-state index contributed by atoms with van der Waals surface area (Å²) in [5.74, 6) is 1.32. The van der Waals surface area contributed by atoms with E-state index in [4.69, 9.17) is 10.8 Å². The number of carboxylic acids is 1. The van der Waals surface area contributed by atoms with Crippen molar-refractivity contribution in [2.75, 3.05) is 11.5 Å². The van der Waals surface area contributed by atoms with Crippen LogP contribution in [0.2, 0.25) is 0 Å². The molecule has 1 rings (SSSR count). The smallest absolute Gasteiger partial charge is 0.320 e. The quantitative estimate of drug-likeness (QED) is 0.633. The Balaban J connectivity index is 2.32. The number of thioether (sulfide) groups is 1. The normalized spacial score (nSPS) is 23.0. The molecule has 4 N–H and O–H groups in total. The van der Waals surface area contributed by atoms with Crippen molar-refractivity contribution in [2.24, 2.45) is 11.7 Å². The summed E-state index contributed by atoms with van der Waals surface area (Å²) in [5, 5.41) is 18.3. The highest BCUT2D eigenvalue weighted by atomic mass is 32.2. The molecule has 0 bridgehead atoms. The van der Waals surface area contributed by atoms with Crippen molar-refractivity contribution < 1.29 is 15.0 Å². The van der Waals surface area contributed by atoms with Gasteiger partial charge in [-0.25, -0.2) is 0 Å². The second-order valence-electron chi connectivity index (χ2n) is 3.70. The zero-order chi connectivity index (χ0) is 10.6. The molecule has 82 valence electrons. The first-order chi connectivity index (χ1) is 6.61. The van der Waals surface area contributed by atoms with Crippen LogP contribution in [0.25, 0.3) is 0 Å². The lowest BCUT2D eigenvalue weighted by Gasteiger charge is -2.27. The van der Waals surface area contributed by atoms with Crippen molar-refractivity contribution >= 4 is 17.7 Å². The van der Waals surface area contributed by atoms with Gasteiger partial charge in [-0.05, 0) is 36.7 Å². The van der Waals surface area contributed by atoms with Crippen LogP contribution in [-0.2, 0) is 4.79 Å². The van der Waals surface area contributed by atoms with Gasteiger partial charge >= 0.3 is 5.97 Å². The van der Waals surface area contributed by atoms with Gasteiger partial charge in [0.1, 0.15) is 6.04 Å². The number of carboxylic acid groups (broad SMARTS) is 1. The van der Waals surface area contributed by atoms with Gasteiger partial charge in [0.2, 0.25) is 0 Å². The summed E-state index contributed by atoms with van der Waals surface area (Å²) in [4.78, 5) is 10.5. The Hall–Kier alpha value is -0.260. The molecule has 0 saturated carbocycles. The molecule has 0 aromatic rings. The number of hydrogen-bond acceptors (Lipinski definition) is 4. The number of rotatable bonds is 4. The molecule has 1 aliphatic rings. The van der Waals surface area contributed by atoms with Crippen molar-refractivity contribution in [3.63, 3.8) is 0 Å². The number of aliphatic hydroxyl groups excluding tert-OH is 1. The highest BCUT2D eigenvalue weighted by Crippen LogP contribution is 2.26. The van der Waals surface area contributed by atoms with Crippen molar-refractivity contribution in [1.29, 1.82) is 0 Å². The average Bonchev–Trinajstić information content (AvgIpc) is 2.19. The molecule has 2 unspecified atom stereocenters. The summed E-state index contributed by atoms with van der Waals surface area (Å²) >= 11 is 1.88. The fourth-order valence-corrected chi connectivity index (χ4v) is 2.80. The second kappa shape index (κ2) is 5.58. The van der Waals surface area contributed by atoms with Crippen LogP contribution in [0, 0.1) is 5.92 Å². The van der Waals surface area contributed by atoms with E-state index in [1.807, 2.05) is 11.8 Å². The minimum Gasteiger partial charge on any atom is -0.480 e. The van der Waals surface area contributed by atoms with Crippen LogP contribution < -0.4 is 5.73 Å². The predicted octanol–water partition coefficient (Wildman–Crippen LogP) is 0.292. The van der Waals surface area contributed by atoms with Crippen molar-refractivity contribution in [3.8, 4) is 0 Å². The zero-order valence-corrected chi connectivity index (χ0v) is 8.87. The summed E-state index contributed by atoms with van der Waals surface area (Å²) in [5.41, 5.74) is 5.36. The van der Waals surface area contributed by atoms with Gasteiger partial charge in [-0.2, -0.15) is 11.8 Å². The molecule has 0 aromatic carbocycles. The molecule has 0 aliphatic carbocycles. The van der Waals surface area contributed by atoms with Gasteiger partial charge in [-0.3, -0.25) is 4.79 Å². The monoisotopic (exact) mass is 219 g/mol. The van der Waals surface area contributed by atoms with Crippen LogP contribution >= 0.6 is 11.8 Å². The Morgan fingerprint density at radius 3 is 2.57 bits per heavy atom. The predicted molar refractivity (Wildman–Crippen MR) is 56.3 cm³/mol. The van der Waals surface area contributed by atoms with Gasteiger partial charge in [0.25, 0.3) is 0 Å². The summed E-state index contributed by atoms with van der Waals surface area (Å²) < 4.78 is 0. The summed E-state index contributed by atoms with van der Waals surface area (Å²) in [6, 6.07) is -0.931. The van der Waals surface area contributed by atoms with E-state index in [0.29, 0.717) is 0 Å². The molecule has 0 radical (unpaired) electrons. The second-order valence-corrected chi connectivity index (χ2v) is 4.92. The number of aliphatic carboxylic acids is 1. The number of carbonyl (C=O) groups is 1. The Kier molecular flexibility index (Phi) is 4.71. The molecule has 1 saturated heterocycles. The van der Waals surface area contributed by atoms with E-state index in [-0.39, 0.29) is 12.3 Å². The van der Waals surface area contributed by atoms with E-state index < -0.39 is 18.1 Å². The average molecular weight is 219 g/mol. The minimum atomic E-state index is -1.03. The van der Waals surface area contributed by atoms with Crippen LogP contribution in [0.3, 0.4) is 0 Å². The lowest BCUT2D eigenvalue weighted by atomic mass is 9.92. The molecule has 1 heterocycles. The van der Waals surface area contributed by atoms with E-state index in [2.05, 4.69) is 0 Å². The molecule has 14 heavy (non-hydrogen) atoms. The highest BCUT2D eigenvalue weighted by Gasteiger charge is 2.25. The number of hydrogen-bond donors (Lipinski definition) is 3.